The van der Waals surface area contributed by atoms with E-state index < -0.39 is 12.0 Å². The van der Waals surface area contributed by atoms with Gasteiger partial charge >= 0.3 is 5.97 Å². The summed E-state index contributed by atoms with van der Waals surface area (Å²) in [5.74, 6) is -0.903. The highest BCUT2D eigenvalue weighted by Gasteiger charge is 2.34. The number of nitriles is 1. The van der Waals surface area contributed by atoms with Crippen LogP contribution in [-0.4, -0.2) is 54.7 Å². The zero-order chi connectivity index (χ0) is 14.5. The van der Waals surface area contributed by atoms with Crippen LogP contribution < -0.4 is 0 Å². The fourth-order valence-corrected chi connectivity index (χ4v) is 1.91. The normalized spacial score (nSPS) is 18.2. The van der Waals surface area contributed by atoms with Crippen molar-refractivity contribution in [1.29, 1.82) is 5.26 Å². The Hall–Kier alpha value is -2.46. The average Bonchev–Trinajstić information content (AvgIpc) is 2.53. The molecule has 1 unspecified atom stereocenters. The fourth-order valence-electron chi connectivity index (χ4n) is 1.91. The second-order valence-corrected chi connectivity index (χ2v) is 4.16. The van der Waals surface area contributed by atoms with E-state index in [0.29, 0.717) is 18.7 Å². The smallest absolute Gasteiger partial charge is 0.331 e. The topological polar surface area (TPSA) is 92.5 Å². The minimum atomic E-state index is -0.765. The summed E-state index contributed by atoms with van der Waals surface area (Å²) in [5, 5.41) is 8.70. The summed E-state index contributed by atoms with van der Waals surface area (Å²) >= 11 is 0. The summed E-state index contributed by atoms with van der Waals surface area (Å²) in [4.78, 5) is 29.3. The molecule has 0 spiro atoms. The predicted molar refractivity (Wildman–Crippen MR) is 66.6 cm³/mol. The number of carbonyl (C=O) groups excluding carboxylic acids is 2. The molecule has 0 N–H and O–H groups in total. The van der Waals surface area contributed by atoms with Crippen LogP contribution >= 0.6 is 0 Å². The van der Waals surface area contributed by atoms with Crippen molar-refractivity contribution < 1.29 is 19.1 Å². The molecule has 1 aromatic heterocycles. The minimum absolute atomic E-state index is 0.106. The van der Waals surface area contributed by atoms with E-state index >= 15 is 0 Å². The Balaban J connectivity index is 2.20. The molecule has 104 valence electrons. The molecule has 0 radical (unpaired) electrons. The molecular formula is C13H13N3O4. The highest BCUT2D eigenvalue weighted by molar-refractivity contribution is 5.95. The summed E-state index contributed by atoms with van der Waals surface area (Å²) in [5.41, 5.74) is 0.549. The number of hydrogen-bond acceptors (Lipinski definition) is 6. The van der Waals surface area contributed by atoms with Crippen molar-refractivity contribution in [2.24, 2.45) is 0 Å². The second-order valence-electron chi connectivity index (χ2n) is 4.16. The van der Waals surface area contributed by atoms with E-state index in [1.165, 1.54) is 30.3 Å². The Labute approximate surface area is 115 Å². The van der Waals surface area contributed by atoms with Gasteiger partial charge in [-0.3, -0.25) is 4.79 Å². The van der Waals surface area contributed by atoms with Crippen LogP contribution in [0.15, 0.2) is 18.3 Å². The van der Waals surface area contributed by atoms with Crippen molar-refractivity contribution in [3.63, 3.8) is 0 Å². The number of amides is 1. The Kier molecular flexibility index (Phi) is 4.27. The molecular weight excluding hydrogens is 262 g/mol. The Morgan fingerprint density at radius 2 is 2.35 bits per heavy atom. The minimum Gasteiger partial charge on any atom is -0.467 e. The van der Waals surface area contributed by atoms with E-state index in [1.807, 2.05) is 6.07 Å². The van der Waals surface area contributed by atoms with Gasteiger partial charge < -0.3 is 14.4 Å². The van der Waals surface area contributed by atoms with Crippen molar-refractivity contribution in [3.05, 3.63) is 29.6 Å². The van der Waals surface area contributed by atoms with E-state index in [2.05, 4.69) is 9.72 Å². The molecule has 0 aliphatic carbocycles. The van der Waals surface area contributed by atoms with Gasteiger partial charge in [0, 0.05) is 12.7 Å². The van der Waals surface area contributed by atoms with E-state index in [9.17, 15) is 9.59 Å². The van der Waals surface area contributed by atoms with Crippen LogP contribution in [0.4, 0.5) is 0 Å². The number of nitrogens with zero attached hydrogens (tertiary/aromatic N) is 3. The molecule has 1 aliphatic rings. The maximum Gasteiger partial charge on any atom is 0.331 e. The summed E-state index contributed by atoms with van der Waals surface area (Å²) < 4.78 is 9.87. The number of hydrogen-bond donors (Lipinski definition) is 0. The number of rotatable bonds is 2. The third-order valence-corrected chi connectivity index (χ3v) is 2.97. The van der Waals surface area contributed by atoms with Gasteiger partial charge in [0.05, 0.1) is 25.9 Å². The third kappa shape index (κ3) is 2.75. The molecule has 1 fully saturated rings. The maximum absolute atomic E-state index is 12.3. The van der Waals surface area contributed by atoms with Gasteiger partial charge in [-0.2, -0.15) is 5.26 Å². The van der Waals surface area contributed by atoms with Crippen LogP contribution in [0.3, 0.4) is 0 Å². The molecule has 0 saturated carbocycles. The summed E-state index contributed by atoms with van der Waals surface area (Å²) in [6, 6.07) is 4.13. The lowest BCUT2D eigenvalue weighted by molar-refractivity contribution is -0.151. The molecule has 1 aliphatic heterocycles. The van der Waals surface area contributed by atoms with Gasteiger partial charge in [-0.1, -0.05) is 0 Å². The number of pyridine rings is 1. The quantitative estimate of drug-likeness (QED) is 0.703. The first kappa shape index (κ1) is 14.0. The molecule has 1 aromatic rings. The number of methoxy groups -OCH3 is 1. The van der Waals surface area contributed by atoms with Gasteiger partial charge in [0.15, 0.2) is 6.04 Å². The third-order valence-electron chi connectivity index (χ3n) is 2.97. The molecule has 1 saturated heterocycles. The van der Waals surface area contributed by atoms with Crippen molar-refractivity contribution in [2.45, 2.75) is 6.04 Å². The maximum atomic E-state index is 12.3. The highest BCUT2D eigenvalue weighted by atomic mass is 16.5. The molecule has 2 heterocycles. The summed E-state index contributed by atoms with van der Waals surface area (Å²) in [6.45, 7) is 0.754. The molecule has 0 bridgehead atoms. The van der Waals surface area contributed by atoms with Gasteiger partial charge in [0.2, 0.25) is 0 Å². The lowest BCUT2D eigenvalue weighted by atomic mass is 10.2. The van der Waals surface area contributed by atoms with Crippen LogP contribution in [-0.2, 0) is 14.3 Å². The molecule has 1 atom stereocenters. The van der Waals surface area contributed by atoms with E-state index in [1.54, 1.807) is 0 Å². The van der Waals surface area contributed by atoms with Gasteiger partial charge in [-0.25, -0.2) is 9.78 Å². The molecule has 7 heteroatoms. The number of carbonyl (C=O) groups is 2. The lowest BCUT2D eigenvalue weighted by Crippen LogP contribution is -2.53. The fraction of sp³-hybridized carbons (Fsp3) is 0.385. The highest BCUT2D eigenvalue weighted by Crippen LogP contribution is 2.13. The second kappa shape index (κ2) is 6.12. The SMILES string of the molecule is COC(=O)C1COCCN1C(=O)c1ccc(C#N)cn1. The van der Waals surface area contributed by atoms with E-state index in [0.717, 1.165) is 0 Å². The van der Waals surface area contributed by atoms with E-state index in [-0.39, 0.29) is 18.2 Å². The first-order valence-electron chi connectivity index (χ1n) is 6.00. The van der Waals surface area contributed by atoms with Gasteiger partial charge in [-0.05, 0) is 12.1 Å². The number of esters is 1. The van der Waals surface area contributed by atoms with Crippen LogP contribution in [0.25, 0.3) is 0 Å². The average molecular weight is 275 g/mol. The zero-order valence-electron chi connectivity index (χ0n) is 10.9. The Morgan fingerprint density at radius 1 is 1.55 bits per heavy atom. The number of morpholine rings is 1. The van der Waals surface area contributed by atoms with Crippen LogP contribution in [0, 0.1) is 11.3 Å². The van der Waals surface area contributed by atoms with Gasteiger partial charge in [0.25, 0.3) is 5.91 Å². The molecule has 1 amide bonds. The Morgan fingerprint density at radius 3 is 2.95 bits per heavy atom. The van der Waals surface area contributed by atoms with Crippen molar-refractivity contribution in [1.82, 2.24) is 9.88 Å². The molecule has 0 aromatic carbocycles. The monoisotopic (exact) mass is 275 g/mol. The predicted octanol–water partition coefficient (Wildman–Crippen LogP) is -0.0327. The Bertz CT molecular complexity index is 550. The van der Waals surface area contributed by atoms with Crippen LogP contribution in [0.1, 0.15) is 16.1 Å². The first-order chi connectivity index (χ1) is 9.67. The molecule has 7 nitrogen and oxygen atoms in total. The lowest BCUT2D eigenvalue weighted by Gasteiger charge is -2.33. The standard InChI is InChI=1S/C13H13N3O4/c1-19-13(18)11-8-20-5-4-16(11)12(17)10-3-2-9(6-14)7-15-10/h2-3,7,11H,4-5,8H2,1H3. The van der Waals surface area contributed by atoms with Gasteiger partial charge in [-0.15, -0.1) is 0 Å². The largest absolute Gasteiger partial charge is 0.467 e. The number of aromatic nitrogens is 1. The van der Waals surface area contributed by atoms with E-state index in [4.69, 9.17) is 10.00 Å². The van der Waals surface area contributed by atoms with Crippen LogP contribution in [0.2, 0.25) is 0 Å². The molecule has 2 rings (SSSR count). The van der Waals surface area contributed by atoms with Crippen molar-refractivity contribution >= 4 is 11.9 Å². The molecule has 20 heavy (non-hydrogen) atoms. The van der Waals surface area contributed by atoms with Crippen LogP contribution in [0.5, 0.6) is 0 Å². The number of ether oxygens (including phenoxy) is 2. The summed E-state index contributed by atoms with van der Waals surface area (Å²) in [6.07, 6.45) is 1.32. The van der Waals surface area contributed by atoms with Crippen molar-refractivity contribution in [2.75, 3.05) is 26.9 Å². The van der Waals surface area contributed by atoms with Crippen molar-refractivity contribution in [3.8, 4) is 6.07 Å². The zero-order valence-corrected chi connectivity index (χ0v) is 10.9. The first-order valence-corrected chi connectivity index (χ1v) is 6.00. The van der Waals surface area contributed by atoms with Gasteiger partial charge in [0.1, 0.15) is 11.8 Å². The summed E-state index contributed by atoms with van der Waals surface area (Å²) in [7, 11) is 1.26.